The van der Waals surface area contributed by atoms with Crippen LogP contribution in [0.2, 0.25) is 0 Å². The van der Waals surface area contributed by atoms with Crippen molar-refractivity contribution in [3.05, 3.63) is 0 Å². The highest BCUT2D eigenvalue weighted by Crippen LogP contribution is 2.24. The van der Waals surface area contributed by atoms with Crippen LogP contribution in [-0.4, -0.2) is 59.1 Å². The Morgan fingerprint density at radius 2 is 1.95 bits per heavy atom. The molecular formula is C13H23N3O3. The van der Waals surface area contributed by atoms with E-state index in [9.17, 15) is 14.7 Å². The summed E-state index contributed by atoms with van der Waals surface area (Å²) in [5, 5.41) is 9.37. The molecule has 2 unspecified atom stereocenters. The van der Waals surface area contributed by atoms with Gasteiger partial charge in [0.25, 0.3) is 0 Å². The quantitative estimate of drug-likeness (QED) is 0.748. The van der Waals surface area contributed by atoms with E-state index in [0.29, 0.717) is 13.1 Å². The van der Waals surface area contributed by atoms with Crippen LogP contribution in [0.15, 0.2) is 0 Å². The molecule has 108 valence electrons. The second kappa shape index (κ2) is 6.23. The molecule has 6 heteroatoms. The van der Waals surface area contributed by atoms with Crippen molar-refractivity contribution < 1.29 is 14.7 Å². The van der Waals surface area contributed by atoms with Gasteiger partial charge < -0.3 is 20.6 Å². The number of hydrogen-bond donors (Lipinski definition) is 2. The number of rotatable bonds is 2. The number of carbonyl (C=O) groups is 2. The topological polar surface area (TPSA) is 86.9 Å². The van der Waals surface area contributed by atoms with E-state index in [4.69, 9.17) is 5.73 Å². The third kappa shape index (κ3) is 3.18. The first kappa shape index (κ1) is 14.1. The summed E-state index contributed by atoms with van der Waals surface area (Å²) in [5.41, 5.74) is 5.28. The molecular weight excluding hydrogens is 246 g/mol. The number of nitrogens with two attached hydrogens (primary N) is 1. The Bertz CT molecular complexity index is 348. The minimum absolute atomic E-state index is 0.0258. The van der Waals surface area contributed by atoms with Gasteiger partial charge in [-0.25, -0.2) is 4.79 Å². The van der Waals surface area contributed by atoms with Gasteiger partial charge >= 0.3 is 6.03 Å². The van der Waals surface area contributed by atoms with E-state index in [-0.39, 0.29) is 24.5 Å². The average molecular weight is 269 g/mol. The van der Waals surface area contributed by atoms with Crippen molar-refractivity contribution >= 4 is 11.9 Å². The molecule has 2 aliphatic heterocycles. The minimum atomic E-state index is -0.449. The molecule has 3 N–H and O–H groups in total. The summed E-state index contributed by atoms with van der Waals surface area (Å²) in [6.45, 7) is 1.81. The Labute approximate surface area is 113 Å². The number of amides is 3. The molecule has 0 saturated carbocycles. The standard InChI is InChI=1S/C13H23N3O3/c14-13(19)15-6-3-4-10(8-15)12(18)16-7-2-1-5-11(16)9-17/h10-11,17H,1-9H2,(H2,14,19). The average Bonchev–Trinajstić information content (AvgIpc) is 2.46. The number of nitrogens with zero attached hydrogens (tertiary/aromatic N) is 2. The second-order valence-electron chi connectivity index (χ2n) is 5.49. The Hall–Kier alpha value is -1.30. The van der Waals surface area contributed by atoms with Gasteiger partial charge in [-0.15, -0.1) is 0 Å². The summed E-state index contributed by atoms with van der Waals surface area (Å²) in [6, 6.07) is -0.500. The fourth-order valence-corrected chi connectivity index (χ4v) is 3.09. The van der Waals surface area contributed by atoms with Crippen LogP contribution < -0.4 is 5.73 Å². The molecule has 0 radical (unpaired) electrons. The normalized spacial score (nSPS) is 28.3. The number of likely N-dealkylation sites (tertiary alicyclic amines) is 2. The minimum Gasteiger partial charge on any atom is -0.394 e. The zero-order chi connectivity index (χ0) is 13.8. The van der Waals surface area contributed by atoms with Crippen molar-refractivity contribution in [2.24, 2.45) is 11.7 Å². The number of primary amides is 1. The van der Waals surface area contributed by atoms with Gasteiger partial charge in [-0.05, 0) is 32.1 Å². The highest BCUT2D eigenvalue weighted by Gasteiger charge is 2.34. The van der Waals surface area contributed by atoms with E-state index in [1.807, 2.05) is 0 Å². The lowest BCUT2D eigenvalue weighted by atomic mass is 9.94. The number of aliphatic hydroxyl groups is 1. The van der Waals surface area contributed by atoms with Crippen LogP contribution in [0.3, 0.4) is 0 Å². The predicted octanol–water partition coefficient (Wildman–Crippen LogP) is 0.150. The molecule has 0 aromatic rings. The summed E-state index contributed by atoms with van der Waals surface area (Å²) >= 11 is 0. The largest absolute Gasteiger partial charge is 0.394 e. The molecule has 2 rings (SSSR count). The van der Waals surface area contributed by atoms with Crippen LogP contribution in [0.4, 0.5) is 4.79 Å². The van der Waals surface area contributed by atoms with Gasteiger partial charge in [0.1, 0.15) is 0 Å². The Kier molecular flexibility index (Phi) is 4.63. The van der Waals surface area contributed by atoms with Gasteiger partial charge in [0.2, 0.25) is 5.91 Å². The van der Waals surface area contributed by atoms with Gasteiger partial charge in [0, 0.05) is 19.6 Å². The second-order valence-corrected chi connectivity index (χ2v) is 5.49. The van der Waals surface area contributed by atoms with Crippen LogP contribution in [0.25, 0.3) is 0 Å². The molecule has 6 nitrogen and oxygen atoms in total. The molecule has 2 atom stereocenters. The van der Waals surface area contributed by atoms with Crippen LogP contribution in [0, 0.1) is 5.92 Å². The first-order valence-corrected chi connectivity index (χ1v) is 7.09. The zero-order valence-electron chi connectivity index (χ0n) is 11.3. The van der Waals surface area contributed by atoms with Gasteiger partial charge in [0.15, 0.2) is 0 Å². The van der Waals surface area contributed by atoms with Gasteiger partial charge in [-0.3, -0.25) is 4.79 Å². The summed E-state index contributed by atoms with van der Waals surface area (Å²) in [7, 11) is 0. The van der Waals surface area contributed by atoms with Crippen molar-refractivity contribution in [3.63, 3.8) is 0 Å². The first-order chi connectivity index (χ1) is 9.13. The third-order valence-electron chi connectivity index (χ3n) is 4.20. The molecule has 0 bridgehead atoms. The Morgan fingerprint density at radius 1 is 1.16 bits per heavy atom. The van der Waals surface area contributed by atoms with E-state index in [2.05, 4.69) is 0 Å². The number of hydrogen-bond acceptors (Lipinski definition) is 3. The molecule has 2 heterocycles. The monoisotopic (exact) mass is 269 g/mol. The summed E-state index contributed by atoms with van der Waals surface area (Å²) in [4.78, 5) is 27.1. The van der Waals surface area contributed by atoms with E-state index < -0.39 is 6.03 Å². The highest BCUT2D eigenvalue weighted by molar-refractivity contribution is 5.81. The number of aliphatic hydroxyl groups excluding tert-OH is 1. The van der Waals surface area contributed by atoms with E-state index in [1.54, 1.807) is 9.80 Å². The van der Waals surface area contributed by atoms with Crippen molar-refractivity contribution in [1.29, 1.82) is 0 Å². The van der Waals surface area contributed by atoms with Crippen LogP contribution >= 0.6 is 0 Å². The van der Waals surface area contributed by atoms with E-state index >= 15 is 0 Å². The van der Waals surface area contributed by atoms with Gasteiger partial charge in [-0.2, -0.15) is 0 Å². The van der Waals surface area contributed by atoms with Crippen molar-refractivity contribution in [2.45, 2.75) is 38.1 Å². The molecule has 3 amide bonds. The summed E-state index contributed by atoms with van der Waals surface area (Å²) in [6.07, 6.45) is 4.55. The number of urea groups is 1. The fourth-order valence-electron chi connectivity index (χ4n) is 3.09. The predicted molar refractivity (Wildman–Crippen MR) is 70.3 cm³/mol. The van der Waals surface area contributed by atoms with E-state index in [1.165, 1.54) is 0 Å². The number of carbonyl (C=O) groups excluding carboxylic acids is 2. The SMILES string of the molecule is NC(=O)N1CCCC(C(=O)N2CCCCC2CO)C1. The Balaban J connectivity index is 1.99. The smallest absolute Gasteiger partial charge is 0.314 e. The van der Waals surface area contributed by atoms with Crippen molar-refractivity contribution in [3.8, 4) is 0 Å². The van der Waals surface area contributed by atoms with Crippen LogP contribution in [0.1, 0.15) is 32.1 Å². The van der Waals surface area contributed by atoms with Gasteiger partial charge in [0.05, 0.1) is 18.6 Å². The maximum Gasteiger partial charge on any atom is 0.314 e. The first-order valence-electron chi connectivity index (χ1n) is 7.09. The molecule has 19 heavy (non-hydrogen) atoms. The maximum absolute atomic E-state index is 12.5. The van der Waals surface area contributed by atoms with E-state index in [0.717, 1.165) is 38.6 Å². The lowest BCUT2D eigenvalue weighted by Crippen LogP contribution is -2.52. The Morgan fingerprint density at radius 3 is 2.63 bits per heavy atom. The molecule has 2 fully saturated rings. The lowest BCUT2D eigenvalue weighted by Gasteiger charge is -2.39. The van der Waals surface area contributed by atoms with Gasteiger partial charge in [-0.1, -0.05) is 0 Å². The third-order valence-corrected chi connectivity index (χ3v) is 4.20. The highest BCUT2D eigenvalue weighted by atomic mass is 16.3. The molecule has 0 aromatic carbocycles. The molecule has 2 aliphatic rings. The molecule has 0 aromatic heterocycles. The summed E-state index contributed by atoms with van der Waals surface area (Å²) < 4.78 is 0. The summed E-state index contributed by atoms with van der Waals surface area (Å²) in [5.74, 6) is -0.0851. The fraction of sp³-hybridized carbons (Fsp3) is 0.846. The van der Waals surface area contributed by atoms with Crippen LogP contribution in [-0.2, 0) is 4.79 Å². The molecule has 0 spiro atoms. The number of piperidine rings is 2. The maximum atomic E-state index is 12.5. The van der Waals surface area contributed by atoms with Crippen molar-refractivity contribution in [1.82, 2.24) is 9.80 Å². The molecule has 0 aliphatic carbocycles. The molecule has 2 saturated heterocycles. The van der Waals surface area contributed by atoms with Crippen molar-refractivity contribution in [2.75, 3.05) is 26.2 Å². The van der Waals surface area contributed by atoms with Crippen LogP contribution in [0.5, 0.6) is 0 Å². The zero-order valence-corrected chi connectivity index (χ0v) is 11.3. The lowest BCUT2D eigenvalue weighted by molar-refractivity contribution is -0.141.